The first-order chi connectivity index (χ1) is 16.8. The van der Waals surface area contributed by atoms with Gasteiger partial charge >= 0.3 is 0 Å². The lowest BCUT2D eigenvalue weighted by atomic mass is 9.84. The molecule has 7 nitrogen and oxygen atoms in total. The van der Waals surface area contributed by atoms with Crippen LogP contribution < -0.4 is 16.4 Å². The van der Waals surface area contributed by atoms with E-state index in [-0.39, 0.29) is 35.6 Å². The predicted octanol–water partition coefficient (Wildman–Crippen LogP) is 4.22. The van der Waals surface area contributed by atoms with Gasteiger partial charge in [0.2, 0.25) is 5.91 Å². The Bertz CT molecular complexity index is 1030. The number of hydrogen-bond acceptors (Lipinski definition) is 4. The maximum Gasteiger partial charge on any atom is 0.251 e. The minimum absolute atomic E-state index is 0.0827. The number of aromatic nitrogens is 2. The van der Waals surface area contributed by atoms with Gasteiger partial charge in [0, 0.05) is 17.2 Å². The van der Waals surface area contributed by atoms with Crippen LogP contribution in [0.3, 0.4) is 0 Å². The highest BCUT2D eigenvalue weighted by molar-refractivity contribution is 6.20. The van der Waals surface area contributed by atoms with E-state index in [4.69, 9.17) is 5.73 Å². The van der Waals surface area contributed by atoms with Crippen molar-refractivity contribution in [1.29, 1.82) is 0 Å². The summed E-state index contributed by atoms with van der Waals surface area (Å²) < 4.78 is 14.9. The molecule has 4 N–H and O–H groups in total. The summed E-state index contributed by atoms with van der Waals surface area (Å²) in [7, 11) is 0. The number of nitrogens with zero attached hydrogens (tertiary/aromatic N) is 2. The minimum Gasteiger partial charge on any atom is -0.368 e. The van der Waals surface area contributed by atoms with Crippen LogP contribution in [0.25, 0.3) is 17.3 Å². The van der Waals surface area contributed by atoms with Crippen molar-refractivity contribution in [1.82, 2.24) is 20.4 Å². The average molecular weight is 484 g/mol. The average Bonchev–Trinajstić information content (AvgIpc) is 3.27. The molecule has 1 aromatic carbocycles. The molecule has 1 aromatic heterocycles. The SMILES string of the molecule is C=Cc1c(/C(=C\C)C(=O)NC(CC)C2CCNC(C(N)=O)C2)cnn1-c1ccc(F)cc1.CCC. The lowest BCUT2D eigenvalue weighted by Crippen LogP contribution is -2.51. The summed E-state index contributed by atoms with van der Waals surface area (Å²) >= 11 is 0. The van der Waals surface area contributed by atoms with Gasteiger partial charge in [-0.15, -0.1) is 0 Å². The summed E-state index contributed by atoms with van der Waals surface area (Å²) in [6, 6.07) is 5.50. The smallest absolute Gasteiger partial charge is 0.251 e. The van der Waals surface area contributed by atoms with Crippen molar-refractivity contribution in [2.24, 2.45) is 11.7 Å². The minimum atomic E-state index is -0.373. The first kappa shape index (κ1) is 28.0. The standard InChI is InChI=1S/C24H30FN5O2.C3H8/c1-4-18(19-14-28-30(22(19)6-3)17-9-7-16(25)8-10-17)24(32)29-20(5-2)15-11-12-27-21(13-15)23(26)31;1-3-2/h4,6-10,14-15,20-21,27H,3,5,11-13H2,1-2H3,(H2,26,31)(H,29,32);3H2,1-2H3/b18-4+;. The van der Waals surface area contributed by atoms with E-state index >= 15 is 0 Å². The fourth-order valence-corrected chi connectivity index (χ4v) is 4.29. The molecule has 0 spiro atoms. The fraction of sp³-hybridized carbons (Fsp3) is 0.444. The van der Waals surface area contributed by atoms with E-state index in [1.54, 1.807) is 42.1 Å². The molecule has 35 heavy (non-hydrogen) atoms. The number of carbonyl (C=O) groups excluding carboxylic acids is 2. The normalized spacial score (nSPS) is 18.7. The van der Waals surface area contributed by atoms with Crippen molar-refractivity contribution in [3.8, 4) is 5.69 Å². The highest BCUT2D eigenvalue weighted by atomic mass is 19.1. The summed E-state index contributed by atoms with van der Waals surface area (Å²) in [6.07, 6.45) is 8.43. The van der Waals surface area contributed by atoms with E-state index in [0.717, 1.165) is 12.8 Å². The molecule has 190 valence electrons. The molecular formula is C27H38FN5O2. The zero-order valence-corrected chi connectivity index (χ0v) is 21.2. The maximum atomic E-state index is 13.3. The molecule has 2 heterocycles. The maximum absolute atomic E-state index is 13.3. The second-order valence-electron chi connectivity index (χ2n) is 8.63. The third kappa shape index (κ3) is 7.11. The number of nitrogens with one attached hydrogen (secondary N) is 2. The number of allylic oxidation sites excluding steroid dienone is 1. The van der Waals surface area contributed by atoms with Crippen molar-refractivity contribution in [3.05, 3.63) is 60.2 Å². The number of rotatable bonds is 8. The van der Waals surface area contributed by atoms with E-state index in [1.807, 2.05) is 6.92 Å². The number of halogens is 1. The van der Waals surface area contributed by atoms with Gasteiger partial charge in [-0.05, 0) is 69.0 Å². The Kier molecular flexibility index (Phi) is 10.9. The van der Waals surface area contributed by atoms with Gasteiger partial charge in [-0.2, -0.15) is 5.10 Å². The molecule has 0 bridgehead atoms. The van der Waals surface area contributed by atoms with Crippen LogP contribution in [-0.2, 0) is 9.59 Å². The molecule has 3 atom stereocenters. The van der Waals surface area contributed by atoms with E-state index < -0.39 is 0 Å². The number of carbonyl (C=O) groups is 2. The lowest BCUT2D eigenvalue weighted by Gasteiger charge is -2.34. The van der Waals surface area contributed by atoms with Crippen LogP contribution in [0, 0.1) is 11.7 Å². The van der Waals surface area contributed by atoms with Crippen LogP contribution in [0.1, 0.15) is 64.6 Å². The van der Waals surface area contributed by atoms with Crippen molar-refractivity contribution >= 4 is 23.5 Å². The van der Waals surface area contributed by atoms with Crippen molar-refractivity contribution in [2.75, 3.05) is 6.54 Å². The van der Waals surface area contributed by atoms with Crippen LogP contribution in [0.15, 0.2) is 43.1 Å². The van der Waals surface area contributed by atoms with Gasteiger partial charge < -0.3 is 16.4 Å². The highest BCUT2D eigenvalue weighted by Gasteiger charge is 2.31. The van der Waals surface area contributed by atoms with E-state index in [9.17, 15) is 14.0 Å². The van der Waals surface area contributed by atoms with Crippen LogP contribution in [-0.4, -0.2) is 40.2 Å². The van der Waals surface area contributed by atoms with E-state index in [2.05, 4.69) is 36.2 Å². The molecule has 1 saturated heterocycles. The summed E-state index contributed by atoms with van der Waals surface area (Å²) in [6.45, 7) is 12.6. The molecule has 1 fully saturated rings. The zero-order chi connectivity index (χ0) is 26.0. The lowest BCUT2D eigenvalue weighted by molar-refractivity contribution is -0.121. The Morgan fingerprint density at radius 1 is 1.31 bits per heavy atom. The van der Waals surface area contributed by atoms with Crippen LogP contribution >= 0.6 is 0 Å². The zero-order valence-electron chi connectivity index (χ0n) is 21.2. The van der Waals surface area contributed by atoms with Gasteiger partial charge in [0.25, 0.3) is 5.91 Å². The Morgan fingerprint density at radius 3 is 2.51 bits per heavy atom. The summed E-state index contributed by atoms with van der Waals surface area (Å²) in [5.74, 6) is -0.761. The Morgan fingerprint density at radius 2 is 1.97 bits per heavy atom. The monoisotopic (exact) mass is 483 g/mol. The van der Waals surface area contributed by atoms with Crippen molar-refractivity contribution < 1.29 is 14.0 Å². The summed E-state index contributed by atoms with van der Waals surface area (Å²) in [5.41, 5.74) is 7.90. The topological polar surface area (TPSA) is 102 Å². The Balaban J connectivity index is 0.00000137. The number of primary amides is 1. The molecule has 1 aliphatic heterocycles. The molecule has 1 aliphatic rings. The third-order valence-electron chi connectivity index (χ3n) is 6.01. The van der Waals surface area contributed by atoms with Gasteiger partial charge in [-0.25, -0.2) is 9.07 Å². The first-order valence-corrected chi connectivity index (χ1v) is 12.3. The van der Waals surface area contributed by atoms with Gasteiger partial charge in [0.15, 0.2) is 0 Å². The third-order valence-corrected chi connectivity index (χ3v) is 6.01. The van der Waals surface area contributed by atoms with Crippen LogP contribution in [0.2, 0.25) is 0 Å². The van der Waals surface area contributed by atoms with Crippen LogP contribution in [0.4, 0.5) is 4.39 Å². The van der Waals surface area contributed by atoms with Crippen LogP contribution in [0.5, 0.6) is 0 Å². The molecule has 2 amide bonds. The quantitative estimate of drug-likeness (QED) is 0.489. The summed E-state index contributed by atoms with van der Waals surface area (Å²) in [4.78, 5) is 24.9. The highest BCUT2D eigenvalue weighted by Crippen LogP contribution is 2.26. The molecule has 0 saturated carbocycles. The molecule has 0 aliphatic carbocycles. The van der Waals surface area contributed by atoms with E-state index in [0.29, 0.717) is 35.5 Å². The van der Waals surface area contributed by atoms with Crippen molar-refractivity contribution in [2.45, 2.75) is 65.5 Å². The second kappa shape index (κ2) is 13.6. The second-order valence-corrected chi connectivity index (χ2v) is 8.63. The Labute approximate surface area is 207 Å². The molecule has 3 unspecified atom stereocenters. The number of hydrogen-bond donors (Lipinski definition) is 3. The number of benzene rings is 1. The van der Waals surface area contributed by atoms with E-state index in [1.165, 1.54) is 18.6 Å². The number of nitrogens with two attached hydrogens (primary N) is 1. The molecular weight excluding hydrogens is 445 g/mol. The largest absolute Gasteiger partial charge is 0.368 e. The van der Waals surface area contributed by atoms with Crippen molar-refractivity contribution in [3.63, 3.8) is 0 Å². The fourth-order valence-electron chi connectivity index (χ4n) is 4.29. The molecule has 8 heteroatoms. The molecule has 3 rings (SSSR count). The molecule has 0 radical (unpaired) electrons. The van der Waals surface area contributed by atoms with Gasteiger partial charge in [-0.3, -0.25) is 9.59 Å². The van der Waals surface area contributed by atoms with Gasteiger partial charge in [0.05, 0.1) is 23.6 Å². The number of piperidine rings is 1. The Hall–Kier alpha value is -3.26. The first-order valence-electron chi connectivity index (χ1n) is 12.3. The molecule has 2 aromatic rings. The van der Waals surface area contributed by atoms with Gasteiger partial charge in [-0.1, -0.05) is 39.8 Å². The predicted molar refractivity (Wildman–Crippen MR) is 139 cm³/mol. The van der Waals surface area contributed by atoms with Gasteiger partial charge in [0.1, 0.15) is 5.82 Å². The summed E-state index contributed by atoms with van der Waals surface area (Å²) in [5, 5.41) is 10.7. The number of amides is 2.